The van der Waals surface area contributed by atoms with Crippen LogP contribution in [-0.4, -0.2) is 22.1 Å². The highest BCUT2D eigenvalue weighted by Gasteiger charge is 2.11. The molecule has 0 atom stereocenters. The number of hydrogen-bond acceptors (Lipinski definition) is 4. The van der Waals surface area contributed by atoms with Crippen molar-refractivity contribution >= 4 is 23.8 Å². The number of aryl methyl sites for hydroxylation is 1. The second kappa shape index (κ2) is 10.00. The van der Waals surface area contributed by atoms with Crippen LogP contribution in [0.3, 0.4) is 0 Å². The molecular weight excluding hydrogens is 370 g/mol. The van der Waals surface area contributed by atoms with Crippen molar-refractivity contribution in [3.8, 4) is 28.5 Å². The lowest BCUT2D eigenvalue weighted by atomic mass is 10.1. The third-order valence-corrected chi connectivity index (χ3v) is 4.39. The number of halogens is 1. The third-order valence-electron chi connectivity index (χ3n) is 4.14. The lowest BCUT2D eigenvalue weighted by molar-refractivity contribution is 0.409. The molecule has 0 unspecified atom stereocenters. The summed E-state index contributed by atoms with van der Waals surface area (Å²) < 4.78 is 5.29. The molecule has 0 radical (unpaired) electrons. The molecule has 0 saturated heterocycles. The smallest absolute Gasteiger partial charge is 0.179 e. The van der Waals surface area contributed by atoms with Crippen molar-refractivity contribution in [1.29, 1.82) is 0 Å². The van der Waals surface area contributed by atoms with E-state index < -0.39 is 0 Å². The maximum Gasteiger partial charge on any atom is 0.179 e. The summed E-state index contributed by atoms with van der Waals surface area (Å²) in [5.74, 6) is 1.33. The fraction of sp³-hybridized carbons (Fsp3) is 0.261. The number of hydrogen-bond donors (Lipinski definition) is 0. The monoisotopic (exact) mass is 395 g/mol. The number of rotatable bonds is 3. The predicted molar refractivity (Wildman–Crippen MR) is 118 cm³/mol. The molecule has 0 aliphatic rings. The molecule has 28 heavy (non-hydrogen) atoms. The molecule has 2 heterocycles. The SMILES string of the molecule is C/C=c1/c(-c2ccc(Cl)cc2)nc(-c2ccc(OC)c(C)n2)n/c1=C/C.CC. The number of aromatic nitrogens is 3. The van der Waals surface area contributed by atoms with Crippen LogP contribution >= 0.6 is 11.6 Å². The Morgan fingerprint density at radius 2 is 1.57 bits per heavy atom. The van der Waals surface area contributed by atoms with Gasteiger partial charge >= 0.3 is 0 Å². The minimum Gasteiger partial charge on any atom is -0.495 e. The number of methoxy groups -OCH3 is 1. The van der Waals surface area contributed by atoms with Gasteiger partial charge in [-0.3, -0.25) is 0 Å². The van der Waals surface area contributed by atoms with Crippen molar-refractivity contribution in [1.82, 2.24) is 15.0 Å². The second-order valence-electron chi connectivity index (χ2n) is 5.76. The van der Waals surface area contributed by atoms with Crippen molar-refractivity contribution in [2.24, 2.45) is 0 Å². The van der Waals surface area contributed by atoms with Crippen molar-refractivity contribution in [2.45, 2.75) is 34.6 Å². The molecule has 0 aliphatic heterocycles. The van der Waals surface area contributed by atoms with Gasteiger partial charge in [-0.15, -0.1) is 0 Å². The zero-order valence-corrected chi connectivity index (χ0v) is 18.0. The minimum atomic E-state index is 0.583. The molecule has 0 saturated carbocycles. The quantitative estimate of drug-likeness (QED) is 0.638. The lowest BCUT2D eigenvalue weighted by Gasteiger charge is -2.09. The minimum absolute atomic E-state index is 0.583. The average Bonchev–Trinajstić information content (AvgIpc) is 2.74. The summed E-state index contributed by atoms with van der Waals surface area (Å²) in [5, 5.41) is 2.56. The highest BCUT2D eigenvalue weighted by molar-refractivity contribution is 6.30. The van der Waals surface area contributed by atoms with Gasteiger partial charge < -0.3 is 4.74 Å². The molecule has 1 aromatic carbocycles. The Bertz CT molecular complexity index is 1060. The average molecular weight is 396 g/mol. The largest absolute Gasteiger partial charge is 0.495 e. The van der Waals surface area contributed by atoms with E-state index in [9.17, 15) is 0 Å². The molecule has 0 spiro atoms. The summed E-state index contributed by atoms with van der Waals surface area (Å²) >= 11 is 6.04. The summed E-state index contributed by atoms with van der Waals surface area (Å²) in [6, 6.07) is 11.4. The fourth-order valence-corrected chi connectivity index (χ4v) is 2.95. The summed E-state index contributed by atoms with van der Waals surface area (Å²) in [6.07, 6.45) is 4.01. The number of pyridine rings is 1. The predicted octanol–water partition coefficient (Wildman–Crippen LogP) is 4.80. The Morgan fingerprint density at radius 1 is 0.893 bits per heavy atom. The van der Waals surface area contributed by atoms with Gasteiger partial charge in [-0.2, -0.15) is 0 Å². The van der Waals surface area contributed by atoms with E-state index >= 15 is 0 Å². The molecule has 0 N–H and O–H groups in total. The van der Waals surface area contributed by atoms with Crippen molar-refractivity contribution < 1.29 is 4.74 Å². The van der Waals surface area contributed by atoms with Crippen molar-refractivity contribution in [2.75, 3.05) is 7.11 Å². The Morgan fingerprint density at radius 3 is 2.11 bits per heavy atom. The molecule has 0 aliphatic carbocycles. The number of nitrogens with zero attached hydrogens (tertiary/aromatic N) is 3. The first kappa shape index (κ1) is 21.6. The summed E-state index contributed by atoms with van der Waals surface area (Å²) in [6.45, 7) is 9.86. The Balaban J connectivity index is 0.00000136. The first-order valence-electron chi connectivity index (χ1n) is 9.36. The summed E-state index contributed by atoms with van der Waals surface area (Å²) in [4.78, 5) is 14.1. The maximum absolute atomic E-state index is 6.04. The van der Waals surface area contributed by atoms with Gasteiger partial charge in [0.2, 0.25) is 0 Å². The summed E-state index contributed by atoms with van der Waals surface area (Å²) in [5.41, 5.74) is 3.36. The normalized spacial score (nSPS) is 11.8. The van der Waals surface area contributed by atoms with Crippen LogP contribution in [-0.2, 0) is 0 Å². The highest BCUT2D eigenvalue weighted by Crippen LogP contribution is 2.22. The molecule has 2 aromatic heterocycles. The fourth-order valence-electron chi connectivity index (χ4n) is 2.82. The molecule has 3 rings (SSSR count). The number of benzene rings is 1. The molecular formula is C23H26ClN3O. The van der Waals surface area contributed by atoms with Crippen LogP contribution in [0, 0.1) is 6.92 Å². The third kappa shape index (κ3) is 4.57. The van der Waals surface area contributed by atoms with Gasteiger partial charge in [0.05, 0.1) is 23.8 Å². The van der Waals surface area contributed by atoms with Crippen LogP contribution in [0.15, 0.2) is 36.4 Å². The molecule has 146 valence electrons. The zero-order valence-electron chi connectivity index (χ0n) is 17.2. The topological polar surface area (TPSA) is 47.9 Å². The van der Waals surface area contributed by atoms with Gasteiger partial charge in [-0.25, -0.2) is 15.0 Å². The summed E-state index contributed by atoms with van der Waals surface area (Å²) in [7, 11) is 1.63. The van der Waals surface area contributed by atoms with Crippen LogP contribution in [0.2, 0.25) is 5.02 Å². The van der Waals surface area contributed by atoms with E-state index in [-0.39, 0.29) is 0 Å². The van der Waals surface area contributed by atoms with E-state index in [1.807, 2.05) is 83.2 Å². The number of ether oxygens (including phenoxy) is 1. The Labute approximate surface area is 171 Å². The van der Waals surface area contributed by atoms with E-state index in [0.29, 0.717) is 16.5 Å². The van der Waals surface area contributed by atoms with Crippen LogP contribution in [0.25, 0.3) is 34.9 Å². The van der Waals surface area contributed by atoms with E-state index in [4.69, 9.17) is 26.3 Å². The van der Waals surface area contributed by atoms with E-state index in [1.165, 1.54) is 0 Å². The molecule has 0 fully saturated rings. The molecule has 5 heteroatoms. The van der Waals surface area contributed by atoms with E-state index in [1.54, 1.807) is 7.11 Å². The van der Waals surface area contributed by atoms with Gasteiger partial charge in [0.15, 0.2) is 5.82 Å². The van der Waals surface area contributed by atoms with Gasteiger partial charge in [0.1, 0.15) is 11.4 Å². The first-order valence-corrected chi connectivity index (χ1v) is 9.74. The van der Waals surface area contributed by atoms with Crippen LogP contribution < -0.4 is 15.3 Å². The van der Waals surface area contributed by atoms with Gasteiger partial charge in [0.25, 0.3) is 0 Å². The van der Waals surface area contributed by atoms with E-state index in [0.717, 1.165) is 33.3 Å². The molecule has 3 aromatic rings. The van der Waals surface area contributed by atoms with Crippen molar-refractivity contribution in [3.05, 3.63) is 57.7 Å². The standard InChI is InChI=1S/C21H20ClN3O.C2H6/c1-5-16-17(6-2)24-21(18-11-12-19(26-4)13(3)23-18)25-20(16)14-7-9-15(22)10-8-14;1-2/h5-12H,1-4H3;1-2H3/b16-5+,17-6+;. The first-order chi connectivity index (χ1) is 13.6. The highest BCUT2D eigenvalue weighted by atomic mass is 35.5. The Hall–Kier alpha value is -2.72. The molecule has 4 nitrogen and oxygen atoms in total. The zero-order chi connectivity index (χ0) is 20.7. The molecule has 0 amide bonds. The van der Waals surface area contributed by atoms with E-state index in [2.05, 4.69) is 4.98 Å². The van der Waals surface area contributed by atoms with Gasteiger partial charge in [0, 0.05) is 15.8 Å². The van der Waals surface area contributed by atoms with Crippen molar-refractivity contribution in [3.63, 3.8) is 0 Å². The lowest BCUT2D eigenvalue weighted by Crippen LogP contribution is -2.31. The van der Waals surface area contributed by atoms with Crippen LogP contribution in [0.4, 0.5) is 0 Å². The van der Waals surface area contributed by atoms with Gasteiger partial charge in [-0.05, 0) is 45.0 Å². The maximum atomic E-state index is 6.04. The molecule has 0 bridgehead atoms. The van der Waals surface area contributed by atoms with Gasteiger partial charge in [-0.1, -0.05) is 49.7 Å². The Kier molecular flexibility index (Phi) is 7.70. The second-order valence-corrected chi connectivity index (χ2v) is 6.20. The van der Waals surface area contributed by atoms with Crippen LogP contribution in [0.5, 0.6) is 5.75 Å². The van der Waals surface area contributed by atoms with Crippen LogP contribution in [0.1, 0.15) is 33.4 Å².